The summed E-state index contributed by atoms with van der Waals surface area (Å²) in [4.78, 5) is 11.8. The van der Waals surface area contributed by atoms with Crippen molar-refractivity contribution in [1.29, 1.82) is 0 Å². The Morgan fingerprint density at radius 1 is 1.14 bits per heavy atom. The first-order valence-electron chi connectivity index (χ1n) is 6.28. The van der Waals surface area contributed by atoms with Crippen LogP contribution in [0, 0.1) is 6.92 Å². The molecule has 0 atom stereocenters. The fraction of sp³-hybridized carbons (Fsp3) is 0.417. The Morgan fingerprint density at radius 2 is 1.62 bits per heavy atom. The predicted octanol–water partition coefficient (Wildman–Crippen LogP) is 2.66. The van der Waals surface area contributed by atoms with E-state index in [0.717, 1.165) is 5.56 Å². The van der Waals surface area contributed by atoms with Crippen LogP contribution in [0.4, 0.5) is 4.79 Å². The van der Waals surface area contributed by atoms with E-state index in [1.165, 1.54) is 26.0 Å². The minimum atomic E-state index is -4.17. The Hall–Kier alpha value is -1.21. The third kappa shape index (κ3) is 4.64. The van der Waals surface area contributed by atoms with Crippen molar-refractivity contribution in [2.75, 3.05) is 13.2 Å². The number of carbonyl (C=O) groups is 1. The van der Waals surface area contributed by atoms with Gasteiger partial charge in [-0.2, -0.15) is 0 Å². The summed E-state index contributed by atoms with van der Waals surface area (Å²) in [7, 11) is -8.29. The normalized spacial score (nSPS) is 12.1. The number of carbonyl (C=O) groups excluding carboxylic acids is 1. The summed E-state index contributed by atoms with van der Waals surface area (Å²) in [5, 5.41) is 0. The monoisotopic (exact) mass is 335 g/mol. The highest BCUT2D eigenvalue weighted by molar-refractivity contribution is 7.91. The molecule has 0 fully saturated rings. The van der Waals surface area contributed by atoms with Gasteiger partial charge in [-0.15, -0.1) is 0 Å². The van der Waals surface area contributed by atoms with Crippen LogP contribution in [0.2, 0.25) is 0 Å². The van der Waals surface area contributed by atoms with Gasteiger partial charge in [0.2, 0.25) is 0 Å². The van der Waals surface area contributed by atoms with Gasteiger partial charge < -0.3 is 9.05 Å². The number of hydrogen-bond donors (Lipinski definition) is 1. The van der Waals surface area contributed by atoms with E-state index < -0.39 is 23.3 Å². The van der Waals surface area contributed by atoms with Gasteiger partial charge in [0.05, 0.1) is 18.1 Å². The second-order valence-electron chi connectivity index (χ2n) is 4.06. The van der Waals surface area contributed by atoms with E-state index >= 15 is 0 Å². The summed E-state index contributed by atoms with van der Waals surface area (Å²) in [6, 6.07) is 5.86. The van der Waals surface area contributed by atoms with Gasteiger partial charge in [-0.3, -0.25) is 4.79 Å². The number of aryl methyl sites for hydroxylation is 1. The molecule has 0 bridgehead atoms. The number of hydrogen-bond acceptors (Lipinski definition) is 6. The van der Waals surface area contributed by atoms with Crippen LogP contribution in [-0.2, 0) is 23.6 Å². The van der Waals surface area contributed by atoms with Crippen LogP contribution >= 0.6 is 7.60 Å². The third-order valence-corrected chi connectivity index (χ3v) is 5.70. The number of rotatable bonds is 7. The molecule has 0 aliphatic rings. The maximum absolute atomic E-state index is 12.2. The Bertz CT molecular complexity index is 630. The van der Waals surface area contributed by atoms with Gasteiger partial charge in [0.1, 0.15) is 0 Å². The number of nitrogens with one attached hydrogen (secondary N) is 1. The Balaban J connectivity index is 2.99. The first-order valence-corrected chi connectivity index (χ1v) is 9.31. The molecule has 0 saturated carbocycles. The van der Waals surface area contributed by atoms with Crippen molar-refractivity contribution in [2.24, 2.45) is 0 Å². The van der Waals surface area contributed by atoms with Crippen molar-refractivity contribution >= 4 is 23.3 Å². The molecule has 0 spiro atoms. The fourth-order valence-electron chi connectivity index (χ4n) is 1.44. The molecule has 9 heteroatoms. The van der Waals surface area contributed by atoms with Gasteiger partial charge in [0.25, 0.3) is 10.0 Å². The molecular formula is C12H18NO6PS. The molecule has 0 heterocycles. The topological polar surface area (TPSA) is 98.8 Å². The lowest BCUT2D eigenvalue weighted by Gasteiger charge is -2.16. The highest BCUT2D eigenvalue weighted by Gasteiger charge is 2.37. The molecular weight excluding hydrogens is 317 g/mol. The quantitative estimate of drug-likeness (QED) is 0.769. The van der Waals surface area contributed by atoms with Gasteiger partial charge >= 0.3 is 13.2 Å². The molecule has 118 valence electrons. The SMILES string of the molecule is CCOP(=O)(OCC)C(=O)NS(=O)(=O)c1ccc(C)cc1. The molecule has 1 rings (SSSR count). The predicted molar refractivity (Wildman–Crippen MR) is 77.8 cm³/mol. The zero-order valence-electron chi connectivity index (χ0n) is 12.0. The van der Waals surface area contributed by atoms with Crippen LogP contribution < -0.4 is 4.72 Å². The van der Waals surface area contributed by atoms with Gasteiger partial charge in [-0.25, -0.2) is 17.7 Å². The maximum Gasteiger partial charge on any atom is 0.419 e. The molecule has 1 aromatic rings. The fourth-order valence-corrected chi connectivity index (χ4v) is 4.08. The van der Waals surface area contributed by atoms with E-state index in [2.05, 4.69) is 0 Å². The molecule has 0 saturated heterocycles. The lowest BCUT2D eigenvalue weighted by molar-refractivity contribution is 0.209. The summed E-state index contributed by atoms with van der Waals surface area (Å²) in [6.07, 6.45) is 0. The van der Waals surface area contributed by atoms with Crippen LogP contribution in [-0.4, -0.2) is 27.3 Å². The average Bonchev–Trinajstić information content (AvgIpc) is 2.39. The van der Waals surface area contributed by atoms with Crippen LogP contribution in [0.1, 0.15) is 19.4 Å². The van der Waals surface area contributed by atoms with E-state index in [0.29, 0.717) is 0 Å². The van der Waals surface area contributed by atoms with Crippen LogP contribution in [0.5, 0.6) is 0 Å². The summed E-state index contributed by atoms with van der Waals surface area (Å²) < 4.78 is 47.5. The smallest absolute Gasteiger partial charge is 0.302 e. The first-order chi connectivity index (χ1) is 9.75. The maximum atomic E-state index is 12.2. The van der Waals surface area contributed by atoms with Crippen molar-refractivity contribution in [3.8, 4) is 0 Å². The molecule has 7 nitrogen and oxygen atoms in total. The summed E-state index contributed by atoms with van der Waals surface area (Å²) in [6.45, 7) is 4.75. The molecule has 0 aliphatic heterocycles. The average molecular weight is 335 g/mol. The number of benzene rings is 1. The molecule has 0 unspecified atom stereocenters. The van der Waals surface area contributed by atoms with Crippen molar-refractivity contribution < 1.29 is 26.8 Å². The minimum absolute atomic E-state index is 0.0464. The molecule has 0 radical (unpaired) electrons. The lowest BCUT2D eigenvalue weighted by atomic mass is 10.2. The number of amides is 1. The van der Waals surface area contributed by atoms with Crippen LogP contribution in [0.25, 0.3) is 0 Å². The highest BCUT2D eigenvalue weighted by atomic mass is 32.2. The van der Waals surface area contributed by atoms with E-state index in [1.807, 2.05) is 0 Å². The zero-order chi connectivity index (χ0) is 16.1. The molecule has 1 N–H and O–H groups in total. The summed E-state index contributed by atoms with van der Waals surface area (Å²) in [5.74, 6) is 0. The van der Waals surface area contributed by atoms with Crippen molar-refractivity contribution in [3.05, 3.63) is 29.8 Å². The van der Waals surface area contributed by atoms with Crippen molar-refractivity contribution in [1.82, 2.24) is 4.72 Å². The standard InChI is InChI=1S/C12H18NO6PS/c1-4-18-20(15,19-5-2)12(14)13-21(16,17)11-8-6-10(3)7-9-11/h6-9H,4-5H2,1-3H3,(H,13,14). The summed E-state index contributed by atoms with van der Waals surface area (Å²) in [5.41, 5.74) is -0.429. The number of sulfonamides is 1. The van der Waals surface area contributed by atoms with Crippen molar-refractivity contribution in [2.45, 2.75) is 25.7 Å². The van der Waals surface area contributed by atoms with Gasteiger partial charge in [0, 0.05) is 0 Å². The Labute approximate surface area is 124 Å². The molecule has 0 aromatic heterocycles. The molecule has 1 amide bonds. The van der Waals surface area contributed by atoms with E-state index in [9.17, 15) is 17.8 Å². The first kappa shape index (κ1) is 17.8. The highest BCUT2D eigenvalue weighted by Crippen LogP contribution is 2.48. The third-order valence-electron chi connectivity index (χ3n) is 2.40. The summed E-state index contributed by atoms with van der Waals surface area (Å²) >= 11 is 0. The molecule has 1 aromatic carbocycles. The van der Waals surface area contributed by atoms with E-state index in [-0.39, 0.29) is 18.1 Å². The largest absolute Gasteiger partial charge is 0.419 e. The van der Waals surface area contributed by atoms with Crippen LogP contribution in [0.15, 0.2) is 29.2 Å². The van der Waals surface area contributed by atoms with Gasteiger partial charge in [-0.1, -0.05) is 17.7 Å². The Morgan fingerprint density at radius 3 is 2.05 bits per heavy atom. The lowest BCUT2D eigenvalue weighted by Crippen LogP contribution is -2.30. The molecule has 0 aliphatic carbocycles. The van der Waals surface area contributed by atoms with E-state index in [4.69, 9.17) is 9.05 Å². The van der Waals surface area contributed by atoms with Crippen molar-refractivity contribution in [3.63, 3.8) is 0 Å². The van der Waals surface area contributed by atoms with Gasteiger partial charge in [-0.05, 0) is 32.9 Å². The zero-order valence-corrected chi connectivity index (χ0v) is 13.7. The molecule has 21 heavy (non-hydrogen) atoms. The van der Waals surface area contributed by atoms with Crippen LogP contribution in [0.3, 0.4) is 0 Å². The Kier molecular flexibility index (Phi) is 6.10. The van der Waals surface area contributed by atoms with Gasteiger partial charge in [0.15, 0.2) is 0 Å². The van der Waals surface area contributed by atoms with E-state index in [1.54, 1.807) is 23.8 Å². The second kappa shape index (κ2) is 7.17. The second-order valence-corrected chi connectivity index (χ2v) is 7.66. The minimum Gasteiger partial charge on any atom is -0.302 e.